The third-order valence-electron chi connectivity index (χ3n) is 1.87. The van der Waals surface area contributed by atoms with Crippen molar-refractivity contribution in [3.63, 3.8) is 0 Å². The Morgan fingerprint density at radius 2 is 1.71 bits per heavy atom. The van der Waals surface area contributed by atoms with Crippen LogP contribution in [0.25, 0.3) is 0 Å². The van der Waals surface area contributed by atoms with E-state index in [1.165, 1.54) is 0 Å². The first kappa shape index (κ1) is 10.6. The monoisotopic (exact) mass is 249 g/mol. The Balaban J connectivity index is 2.91. The fourth-order valence-electron chi connectivity index (χ4n) is 1.03. The molecular weight excluding hydrogens is 242 g/mol. The van der Waals surface area contributed by atoms with Crippen LogP contribution >= 0.6 is 15.9 Å². The van der Waals surface area contributed by atoms with E-state index in [4.69, 9.17) is 10.5 Å². The van der Waals surface area contributed by atoms with E-state index in [-0.39, 0.29) is 0 Å². The molecule has 0 saturated heterocycles. The van der Waals surface area contributed by atoms with E-state index in [0.29, 0.717) is 0 Å². The minimum Gasteiger partial charge on any atom is -0.347 e. The van der Waals surface area contributed by atoms with Gasteiger partial charge in [0.2, 0.25) is 6.04 Å². The Morgan fingerprint density at radius 1 is 1.21 bits per heavy atom. The Hall–Kier alpha value is -1.52. The van der Waals surface area contributed by atoms with Gasteiger partial charge in [-0.2, -0.15) is 10.5 Å². The number of nitrogens with zero attached hydrogens (tertiary/aromatic N) is 3. The Labute approximate surface area is 91.3 Å². The fourth-order valence-corrected chi connectivity index (χ4v) is 1.29. The summed E-state index contributed by atoms with van der Waals surface area (Å²) in [6, 6.07) is 10.5. The topological polar surface area (TPSA) is 50.8 Å². The van der Waals surface area contributed by atoms with Crippen molar-refractivity contribution in [1.82, 2.24) is 0 Å². The van der Waals surface area contributed by atoms with Gasteiger partial charge < -0.3 is 4.90 Å². The van der Waals surface area contributed by atoms with Crippen LogP contribution in [0.2, 0.25) is 0 Å². The van der Waals surface area contributed by atoms with E-state index in [0.717, 1.165) is 10.2 Å². The second-order valence-corrected chi connectivity index (χ2v) is 3.66. The van der Waals surface area contributed by atoms with Crippen LogP contribution in [-0.2, 0) is 0 Å². The molecule has 14 heavy (non-hydrogen) atoms. The zero-order chi connectivity index (χ0) is 10.6. The number of benzene rings is 1. The second kappa shape index (κ2) is 4.64. The molecule has 1 rings (SSSR count). The van der Waals surface area contributed by atoms with E-state index >= 15 is 0 Å². The predicted molar refractivity (Wildman–Crippen MR) is 57.6 cm³/mol. The molecule has 1 aromatic carbocycles. The minimum absolute atomic E-state index is 0.740. The van der Waals surface area contributed by atoms with Crippen LogP contribution in [0.15, 0.2) is 28.7 Å². The van der Waals surface area contributed by atoms with Crippen LogP contribution < -0.4 is 4.90 Å². The number of halogens is 1. The fraction of sp³-hybridized carbons (Fsp3) is 0.200. The molecule has 3 nitrogen and oxygen atoms in total. The highest BCUT2D eigenvalue weighted by molar-refractivity contribution is 9.10. The maximum absolute atomic E-state index is 8.69. The van der Waals surface area contributed by atoms with Gasteiger partial charge in [0.05, 0.1) is 0 Å². The van der Waals surface area contributed by atoms with E-state index in [1.54, 1.807) is 11.9 Å². The summed E-state index contributed by atoms with van der Waals surface area (Å²) in [5.74, 6) is 0. The van der Waals surface area contributed by atoms with Crippen molar-refractivity contribution in [3.05, 3.63) is 28.7 Å². The van der Waals surface area contributed by atoms with Gasteiger partial charge in [0.25, 0.3) is 0 Å². The van der Waals surface area contributed by atoms with Crippen molar-refractivity contribution in [2.75, 3.05) is 11.9 Å². The number of nitriles is 2. The number of hydrogen-bond acceptors (Lipinski definition) is 3. The molecule has 1 aromatic rings. The van der Waals surface area contributed by atoms with Gasteiger partial charge in [-0.05, 0) is 24.3 Å². The molecule has 70 valence electrons. The third-order valence-corrected chi connectivity index (χ3v) is 2.39. The van der Waals surface area contributed by atoms with Gasteiger partial charge in [0.15, 0.2) is 0 Å². The first-order valence-electron chi connectivity index (χ1n) is 3.96. The smallest absolute Gasteiger partial charge is 0.204 e. The average molecular weight is 250 g/mol. The molecule has 0 radical (unpaired) electrons. The largest absolute Gasteiger partial charge is 0.347 e. The minimum atomic E-state index is -0.740. The van der Waals surface area contributed by atoms with E-state index in [2.05, 4.69) is 15.9 Å². The van der Waals surface area contributed by atoms with E-state index in [1.807, 2.05) is 36.4 Å². The molecule has 0 aliphatic rings. The highest BCUT2D eigenvalue weighted by Gasteiger charge is 2.12. The van der Waals surface area contributed by atoms with Crippen molar-refractivity contribution < 1.29 is 0 Å². The molecule has 0 aromatic heterocycles. The first-order chi connectivity index (χ1) is 6.69. The van der Waals surface area contributed by atoms with Crippen molar-refractivity contribution in [1.29, 1.82) is 10.5 Å². The maximum Gasteiger partial charge on any atom is 0.204 e. The van der Waals surface area contributed by atoms with Crippen LogP contribution in [0.5, 0.6) is 0 Å². The molecule has 0 unspecified atom stereocenters. The molecule has 0 saturated carbocycles. The molecule has 0 bridgehead atoms. The van der Waals surface area contributed by atoms with Crippen LogP contribution in [0.3, 0.4) is 0 Å². The standard InChI is InChI=1S/C10H8BrN3/c1-14(10(6-12)7-13)9-4-2-8(11)3-5-9/h2-5,10H,1H3. The zero-order valence-electron chi connectivity index (χ0n) is 7.61. The molecule has 0 spiro atoms. The average Bonchev–Trinajstić information content (AvgIpc) is 2.20. The molecule has 0 aliphatic carbocycles. The molecule has 0 N–H and O–H groups in total. The van der Waals surface area contributed by atoms with Gasteiger partial charge in [0, 0.05) is 17.2 Å². The lowest BCUT2D eigenvalue weighted by atomic mass is 10.2. The highest BCUT2D eigenvalue weighted by atomic mass is 79.9. The van der Waals surface area contributed by atoms with Gasteiger partial charge in [-0.25, -0.2) is 0 Å². The van der Waals surface area contributed by atoms with Crippen molar-refractivity contribution in [2.45, 2.75) is 6.04 Å². The number of hydrogen-bond donors (Lipinski definition) is 0. The van der Waals surface area contributed by atoms with Crippen LogP contribution in [0.4, 0.5) is 5.69 Å². The molecule has 0 aliphatic heterocycles. The predicted octanol–water partition coefficient (Wildman–Crippen LogP) is 2.30. The summed E-state index contributed by atoms with van der Waals surface area (Å²) >= 11 is 3.32. The zero-order valence-corrected chi connectivity index (χ0v) is 9.19. The van der Waals surface area contributed by atoms with Crippen LogP contribution in [0, 0.1) is 22.7 Å². The normalized spacial score (nSPS) is 9.21. The maximum atomic E-state index is 8.69. The lowest BCUT2D eigenvalue weighted by molar-refractivity contribution is 0.914. The quantitative estimate of drug-likeness (QED) is 0.809. The summed E-state index contributed by atoms with van der Waals surface area (Å²) in [6.45, 7) is 0. The molecule has 0 fully saturated rings. The highest BCUT2D eigenvalue weighted by Crippen LogP contribution is 2.18. The van der Waals surface area contributed by atoms with Crippen LogP contribution in [-0.4, -0.2) is 13.1 Å². The van der Waals surface area contributed by atoms with E-state index < -0.39 is 6.04 Å². The summed E-state index contributed by atoms with van der Waals surface area (Å²) in [4.78, 5) is 1.63. The molecule has 0 amide bonds. The summed E-state index contributed by atoms with van der Waals surface area (Å²) in [7, 11) is 1.72. The Morgan fingerprint density at radius 3 is 2.14 bits per heavy atom. The van der Waals surface area contributed by atoms with Gasteiger partial charge in [0.1, 0.15) is 12.1 Å². The van der Waals surface area contributed by atoms with Crippen molar-refractivity contribution in [3.8, 4) is 12.1 Å². The molecule has 0 atom stereocenters. The lowest BCUT2D eigenvalue weighted by Crippen LogP contribution is -2.28. The SMILES string of the molecule is CN(c1ccc(Br)cc1)C(C#N)C#N. The summed E-state index contributed by atoms with van der Waals surface area (Å²) in [5, 5.41) is 17.4. The Kier molecular flexibility index (Phi) is 3.50. The van der Waals surface area contributed by atoms with Gasteiger partial charge in [-0.1, -0.05) is 15.9 Å². The Bertz CT molecular complexity index is 371. The molecule has 4 heteroatoms. The van der Waals surface area contributed by atoms with Gasteiger partial charge in [-0.3, -0.25) is 0 Å². The third kappa shape index (κ3) is 2.25. The van der Waals surface area contributed by atoms with Gasteiger partial charge in [-0.15, -0.1) is 0 Å². The summed E-state index contributed by atoms with van der Waals surface area (Å²) < 4.78 is 0.972. The first-order valence-corrected chi connectivity index (χ1v) is 4.76. The van der Waals surface area contributed by atoms with Crippen molar-refractivity contribution >= 4 is 21.6 Å². The van der Waals surface area contributed by atoms with Crippen molar-refractivity contribution in [2.24, 2.45) is 0 Å². The van der Waals surface area contributed by atoms with Crippen LogP contribution in [0.1, 0.15) is 0 Å². The summed E-state index contributed by atoms with van der Waals surface area (Å²) in [5.41, 5.74) is 0.848. The second-order valence-electron chi connectivity index (χ2n) is 2.75. The van der Waals surface area contributed by atoms with E-state index in [9.17, 15) is 0 Å². The van der Waals surface area contributed by atoms with Gasteiger partial charge >= 0.3 is 0 Å². The lowest BCUT2D eigenvalue weighted by Gasteiger charge is -2.19. The number of rotatable bonds is 2. The molecular formula is C10H8BrN3. The number of anilines is 1. The molecule has 0 heterocycles. The summed E-state index contributed by atoms with van der Waals surface area (Å²) in [6.07, 6.45) is 0.